The molecule has 23 heavy (non-hydrogen) atoms. The van der Waals surface area contributed by atoms with Gasteiger partial charge in [0.1, 0.15) is 0 Å². The highest BCUT2D eigenvalue weighted by Crippen LogP contribution is 2.49. The maximum atomic E-state index is 12.5. The van der Waals surface area contributed by atoms with Crippen molar-refractivity contribution in [1.82, 2.24) is 15.1 Å². The van der Waals surface area contributed by atoms with E-state index in [1.165, 1.54) is 4.90 Å². The second-order valence-electron chi connectivity index (χ2n) is 5.77. The third-order valence-corrected chi connectivity index (χ3v) is 5.35. The molecule has 0 radical (unpaired) electrons. The number of alkyl halides is 3. The van der Waals surface area contributed by atoms with Gasteiger partial charge in [-0.1, -0.05) is 17.8 Å². The number of amides is 2. The number of carboxylic acid groups (broad SMARTS) is 1. The number of fused-ring (bicyclic) bond motifs is 1. The second kappa shape index (κ2) is 5.32. The Labute approximate surface area is 132 Å². The summed E-state index contributed by atoms with van der Waals surface area (Å²) in [7, 11) is 0. The van der Waals surface area contributed by atoms with E-state index in [1.807, 2.05) is 0 Å². The molecule has 3 rings (SSSR count). The van der Waals surface area contributed by atoms with Crippen molar-refractivity contribution in [2.24, 2.45) is 11.3 Å². The summed E-state index contributed by atoms with van der Waals surface area (Å²) in [4.78, 5) is 25.0. The third-order valence-electron chi connectivity index (χ3n) is 4.47. The lowest BCUT2D eigenvalue weighted by Crippen LogP contribution is -2.38. The molecule has 1 aromatic rings. The largest absolute Gasteiger partial charge is 0.481 e. The molecule has 2 fully saturated rings. The lowest BCUT2D eigenvalue weighted by Gasteiger charge is -2.23. The Morgan fingerprint density at radius 1 is 1.39 bits per heavy atom. The number of hydrogen-bond acceptors (Lipinski definition) is 5. The number of aromatic nitrogens is 2. The topological polar surface area (TPSA) is 95.4 Å². The summed E-state index contributed by atoms with van der Waals surface area (Å²) in [6.07, 6.45) is -2.57. The summed E-state index contributed by atoms with van der Waals surface area (Å²) in [5, 5.41) is 16.6. The van der Waals surface area contributed by atoms with Crippen molar-refractivity contribution in [3.05, 3.63) is 5.01 Å². The zero-order valence-electron chi connectivity index (χ0n) is 11.8. The van der Waals surface area contributed by atoms with E-state index in [2.05, 4.69) is 15.5 Å². The molecule has 0 unspecified atom stereocenters. The predicted octanol–water partition coefficient (Wildman–Crippen LogP) is 2.28. The van der Waals surface area contributed by atoms with Crippen molar-refractivity contribution >= 4 is 28.5 Å². The average molecular weight is 350 g/mol. The number of aliphatic carboxylic acids is 1. The van der Waals surface area contributed by atoms with Crippen molar-refractivity contribution < 1.29 is 27.9 Å². The van der Waals surface area contributed by atoms with Crippen molar-refractivity contribution in [1.29, 1.82) is 0 Å². The van der Waals surface area contributed by atoms with Crippen LogP contribution < -0.4 is 5.32 Å². The van der Waals surface area contributed by atoms with Crippen molar-refractivity contribution in [3.63, 3.8) is 0 Å². The fourth-order valence-electron chi connectivity index (χ4n) is 3.35. The number of likely N-dealkylation sites (tertiary alicyclic amines) is 1. The lowest BCUT2D eigenvalue weighted by atomic mass is 9.81. The van der Waals surface area contributed by atoms with E-state index in [9.17, 15) is 27.9 Å². The highest BCUT2D eigenvalue weighted by atomic mass is 32.1. The molecule has 7 nitrogen and oxygen atoms in total. The third kappa shape index (κ3) is 2.73. The van der Waals surface area contributed by atoms with Crippen LogP contribution in [0.5, 0.6) is 0 Å². The maximum Gasteiger partial charge on any atom is 0.445 e. The molecule has 0 spiro atoms. The van der Waals surface area contributed by atoms with Crippen LogP contribution in [0, 0.1) is 11.3 Å². The summed E-state index contributed by atoms with van der Waals surface area (Å²) in [6.45, 7) is 0.340. The van der Waals surface area contributed by atoms with E-state index < -0.39 is 28.6 Å². The number of carbonyl (C=O) groups excluding carboxylic acids is 1. The smallest absolute Gasteiger partial charge is 0.445 e. The summed E-state index contributed by atoms with van der Waals surface area (Å²) in [5.74, 6) is -1.04. The molecule has 2 atom stereocenters. The molecule has 1 aliphatic heterocycles. The Hall–Kier alpha value is -1.91. The number of carboxylic acids is 1. The van der Waals surface area contributed by atoms with Gasteiger partial charge in [-0.15, -0.1) is 10.2 Å². The van der Waals surface area contributed by atoms with Gasteiger partial charge in [-0.2, -0.15) is 13.2 Å². The standard InChI is InChI=1S/C12H13F3N4O3S/c13-12(14,15)7-17-18-9(23-7)16-10(22)19-4-6-2-1-3-11(6,5-19)8(20)21/h6H,1-5H2,(H,20,21)(H,16,18,22)/t6-,11+/m0/s1. The zero-order valence-corrected chi connectivity index (χ0v) is 12.6. The van der Waals surface area contributed by atoms with Gasteiger partial charge in [-0.3, -0.25) is 10.1 Å². The number of hydrogen-bond donors (Lipinski definition) is 2. The quantitative estimate of drug-likeness (QED) is 0.853. The number of carbonyl (C=O) groups is 2. The predicted molar refractivity (Wildman–Crippen MR) is 72.9 cm³/mol. The fraction of sp³-hybridized carbons (Fsp3) is 0.667. The molecular weight excluding hydrogens is 337 g/mol. The van der Waals surface area contributed by atoms with Crippen LogP contribution in [0.1, 0.15) is 24.3 Å². The van der Waals surface area contributed by atoms with Gasteiger partial charge in [0.25, 0.3) is 0 Å². The van der Waals surface area contributed by atoms with Crippen LogP contribution in [0.4, 0.5) is 23.1 Å². The van der Waals surface area contributed by atoms with E-state index in [1.54, 1.807) is 0 Å². The van der Waals surface area contributed by atoms with E-state index >= 15 is 0 Å². The zero-order chi connectivity index (χ0) is 16.8. The van der Waals surface area contributed by atoms with Crippen LogP contribution in [-0.4, -0.2) is 45.3 Å². The number of nitrogens with zero attached hydrogens (tertiary/aromatic N) is 3. The molecule has 1 aromatic heterocycles. The molecule has 2 heterocycles. The molecule has 1 aliphatic carbocycles. The highest BCUT2D eigenvalue weighted by Gasteiger charge is 2.55. The SMILES string of the molecule is O=C(Nc1nnc(C(F)(F)F)s1)N1C[C@@H]2CCC[C@@]2(C(=O)O)C1. The Kier molecular flexibility index (Phi) is 3.69. The van der Waals surface area contributed by atoms with Crippen LogP contribution in [-0.2, 0) is 11.0 Å². The van der Waals surface area contributed by atoms with Crippen molar-refractivity contribution in [2.45, 2.75) is 25.4 Å². The molecule has 11 heteroatoms. The van der Waals surface area contributed by atoms with E-state index in [0.29, 0.717) is 6.42 Å². The highest BCUT2D eigenvalue weighted by molar-refractivity contribution is 7.15. The van der Waals surface area contributed by atoms with Gasteiger partial charge in [0, 0.05) is 13.1 Å². The first kappa shape index (κ1) is 16.0. The normalized spacial score (nSPS) is 27.1. The Bertz CT molecular complexity index is 650. The Morgan fingerprint density at radius 2 is 2.13 bits per heavy atom. The minimum atomic E-state index is -4.61. The first-order valence-electron chi connectivity index (χ1n) is 6.92. The number of rotatable bonds is 2. The van der Waals surface area contributed by atoms with Crippen LogP contribution in [0.3, 0.4) is 0 Å². The number of nitrogens with one attached hydrogen (secondary N) is 1. The van der Waals surface area contributed by atoms with Gasteiger partial charge >= 0.3 is 18.2 Å². The molecule has 0 aromatic carbocycles. The summed E-state index contributed by atoms with van der Waals surface area (Å²) in [6, 6.07) is -0.648. The monoisotopic (exact) mass is 350 g/mol. The van der Waals surface area contributed by atoms with E-state index in [0.717, 1.165) is 12.8 Å². The minimum absolute atomic E-state index is 0.0593. The molecule has 2 amide bonds. The van der Waals surface area contributed by atoms with Gasteiger partial charge in [0.05, 0.1) is 5.41 Å². The van der Waals surface area contributed by atoms with Crippen LogP contribution in [0.25, 0.3) is 0 Å². The molecule has 1 saturated heterocycles. The summed E-state index contributed by atoms with van der Waals surface area (Å²) in [5.41, 5.74) is -0.935. The maximum absolute atomic E-state index is 12.5. The average Bonchev–Trinajstić information content (AvgIpc) is 3.09. The molecule has 0 bridgehead atoms. The number of halogens is 3. The molecule has 2 aliphatic rings. The fourth-order valence-corrected chi connectivity index (χ4v) is 3.95. The van der Waals surface area contributed by atoms with Gasteiger partial charge in [0.15, 0.2) is 0 Å². The minimum Gasteiger partial charge on any atom is -0.481 e. The molecule has 1 saturated carbocycles. The van der Waals surface area contributed by atoms with Crippen molar-refractivity contribution in [2.75, 3.05) is 18.4 Å². The molecular formula is C12H13F3N4O3S. The van der Waals surface area contributed by atoms with E-state index in [-0.39, 0.29) is 35.5 Å². The number of anilines is 1. The second-order valence-corrected chi connectivity index (χ2v) is 6.75. The molecule has 2 N–H and O–H groups in total. The van der Waals surface area contributed by atoms with Crippen LogP contribution in [0.15, 0.2) is 0 Å². The molecule has 126 valence electrons. The first-order chi connectivity index (χ1) is 10.7. The van der Waals surface area contributed by atoms with Gasteiger partial charge < -0.3 is 10.0 Å². The van der Waals surface area contributed by atoms with Gasteiger partial charge in [-0.05, 0) is 18.8 Å². The first-order valence-corrected chi connectivity index (χ1v) is 7.74. The van der Waals surface area contributed by atoms with Crippen molar-refractivity contribution in [3.8, 4) is 0 Å². The van der Waals surface area contributed by atoms with Crippen LogP contribution >= 0.6 is 11.3 Å². The van der Waals surface area contributed by atoms with Gasteiger partial charge in [-0.25, -0.2) is 4.79 Å². The van der Waals surface area contributed by atoms with Gasteiger partial charge in [0.2, 0.25) is 10.1 Å². The lowest BCUT2D eigenvalue weighted by molar-refractivity contribution is -0.149. The summed E-state index contributed by atoms with van der Waals surface area (Å²) < 4.78 is 37.4. The summed E-state index contributed by atoms with van der Waals surface area (Å²) >= 11 is 0.232. The number of urea groups is 1. The van der Waals surface area contributed by atoms with Crippen LogP contribution in [0.2, 0.25) is 0 Å². The Morgan fingerprint density at radius 3 is 2.70 bits per heavy atom. The Balaban J connectivity index is 1.68. The van der Waals surface area contributed by atoms with E-state index in [4.69, 9.17) is 0 Å².